The number of benzene rings is 4. The Labute approximate surface area is 375 Å². The number of nitrogens with zero attached hydrogens (tertiary/aromatic N) is 4. The molecule has 1 heterocycles. The van der Waals surface area contributed by atoms with Crippen LogP contribution in [-0.2, 0) is 23.5 Å². The Bertz CT molecular complexity index is 2270. The smallest absolute Gasteiger partial charge is 0.309 e. The van der Waals surface area contributed by atoms with E-state index in [1.807, 2.05) is 12.1 Å². The Morgan fingerprint density at radius 2 is 0.742 bits per heavy atom. The Balaban J connectivity index is 0.000000595. The topological polar surface area (TPSA) is 43.2 Å². The van der Waals surface area contributed by atoms with Crippen molar-refractivity contribution >= 4 is 39.6 Å². The first kappa shape index (κ1) is 57.0. The summed E-state index contributed by atoms with van der Waals surface area (Å²) in [5.41, 5.74) is -13.3. The number of nitriles is 1. The van der Waals surface area contributed by atoms with E-state index in [0.717, 1.165) is 36.8 Å². The fourth-order valence-electron chi connectivity index (χ4n) is 6.53. The van der Waals surface area contributed by atoms with Crippen molar-refractivity contribution in [3.05, 3.63) is 145 Å². The van der Waals surface area contributed by atoms with Crippen molar-refractivity contribution in [2.45, 2.75) is 19.8 Å². The van der Waals surface area contributed by atoms with Crippen molar-refractivity contribution in [3.8, 4) is 6.07 Å². The molecule has 362 valence electrons. The van der Waals surface area contributed by atoms with Crippen LogP contribution in [0.25, 0.3) is 0 Å². The molecular formula is C39H25BClCuF20N4. The van der Waals surface area contributed by atoms with Gasteiger partial charge in [-0.05, 0) is 52.8 Å². The van der Waals surface area contributed by atoms with E-state index in [1.165, 1.54) is 13.3 Å². The van der Waals surface area contributed by atoms with E-state index in [1.54, 1.807) is 12.3 Å². The molecule has 4 aromatic carbocycles. The van der Waals surface area contributed by atoms with E-state index in [-0.39, 0.29) is 17.1 Å². The molecule has 0 bridgehead atoms. The van der Waals surface area contributed by atoms with Gasteiger partial charge in [0.15, 0.2) is 69.8 Å². The number of hydrogen-bond donors (Lipinski definition) is 0. The van der Waals surface area contributed by atoms with Crippen LogP contribution in [0.15, 0.2) is 18.3 Å². The molecule has 0 aliphatic carbocycles. The number of rotatable bonds is 11. The molecular weight excluding hydrogens is 1010 g/mol. The minimum atomic E-state index is -7.22. The third-order valence-electron chi connectivity index (χ3n) is 9.38. The van der Waals surface area contributed by atoms with Gasteiger partial charge in [-0.2, -0.15) is 5.26 Å². The molecule has 0 aliphatic heterocycles. The second kappa shape index (κ2) is 23.1. The third kappa shape index (κ3) is 10.7. The average molecular weight is 1040 g/mol. The summed E-state index contributed by atoms with van der Waals surface area (Å²) in [6.45, 7) is 4.72. The normalized spacial score (nSPS) is 11.2. The van der Waals surface area contributed by atoms with Crippen LogP contribution >= 0.6 is 11.6 Å². The fraction of sp³-hybridized carbons (Fsp3) is 0.231. The second-order valence-corrected chi connectivity index (χ2v) is 14.1. The maximum atomic E-state index is 15.4. The van der Waals surface area contributed by atoms with Crippen molar-refractivity contribution in [1.29, 1.82) is 5.26 Å². The van der Waals surface area contributed by atoms with Crippen LogP contribution in [0.4, 0.5) is 87.8 Å². The number of likely N-dealkylation sites (N-methyl/N-ethyl adjacent to an activating group) is 1. The molecule has 4 nitrogen and oxygen atoms in total. The van der Waals surface area contributed by atoms with Crippen LogP contribution in [0.1, 0.15) is 19.0 Å². The first-order chi connectivity index (χ1) is 30.2. The van der Waals surface area contributed by atoms with Crippen LogP contribution in [0.5, 0.6) is 0 Å². The van der Waals surface area contributed by atoms with Gasteiger partial charge in [-0.3, -0.25) is 4.98 Å². The number of halogens is 21. The van der Waals surface area contributed by atoms with Crippen LogP contribution < -0.4 is 21.9 Å². The number of aromatic nitrogens is 1. The van der Waals surface area contributed by atoms with Gasteiger partial charge in [0.25, 0.3) is 0 Å². The number of hydrogen-bond acceptors (Lipinski definition) is 4. The number of pyridine rings is 1. The Kier molecular flexibility index (Phi) is 20.0. The molecule has 0 radical (unpaired) electrons. The summed E-state index contributed by atoms with van der Waals surface area (Å²) in [5, 5.41) is 8.09. The van der Waals surface area contributed by atoms with Crippen LogP contribution in [0, 0.1) is 128 Å². The molecule has 0 aliphatic rings. The van der Waals surface area contributed by atoms with Crippen molar-refractivity contribution in [1.82, 2.24) is 14.8 Å². The summed E-state index contributed by atoms with van der Waals surface area (Å²) in [6.07, 6.45) is -3.29. The summed E-state index contributed by atoms with van der Waals surface area (Å²) in [5.74, 6) is -71.4. The van der Waals surface area contributed by atoms with Crippen LogP contribution in [0.2, 0.25) is 5.02 Å². The van der Waals surface area contributed by atoms with E-state index in [2.05, 4.69) is 35.9 Å². The molecule has 0 atom stereocenters. The van der Waals surface area contributed by atoms with Crippen LogP contribution in [-0.4, -0.2) is 61.7 Å². The van der Waals surface area contributed by atoms with E-state index in [9.17, 15) is 52.7 Å². The molecule has 5 aromatic rings. The predicted octanol–water partition coefficient (Wildman–Crippen LogP) is 8.53. The molecule has 0 fully saturated rings. The van der Waals surface area contributed by atoms with Crippen molar-refractivity contribution < 1.29 is 105 Å². The summed E-state index contributed by atoms with van der Waals surface area (Å²) in [4.78, 5) is 8.85. The molecule has 1 aromatic heterocycles. The SMILES string of the molecule is CC#N.CN(C)CCCN(C)CCc1cc(Cl)ccn1.Fc1c(F)c(F)c([B-](c2c(F)c(F)c(F)c(F)c2F)(c2c(F)c(F)c(F)c(F)c2F)c2c(F)c(F)c(F)c(F)c2F)c(F)c1F.[Cu+]. The molecule has 27 heteroatoms. The van der Waals surface area contributed by atoms with Gasteiger partial charge in [-0.1, -0.05) is 11.6 Å². The third-order valence-corrected chi connectivity index (χ3v) is 9.62. The second-order valence-electron chi connectivity index (χ2n) is 13.7. The zero-order valence-corrected chi connectivity index (χ0v) is 35.1. The predicted molar refractivity (Wildman–Crippen MR) is 194 cm³/mol. The summed E-state index contributed by atoms with van der Waals surface area (Å²) in [7, 11) is 6.37. The van der Waals surface area contributed by atoms with Gasteiger partial charge in [0.2, 0.25) is 0 Å². The van der Waals surface area contributed by atoms with Crippen molar-refractivity contribution in [2.75, 3.05) is 40.8 Å². The Morgan fingerprint density at radius 1 is 0.485 bits per heavy atom. The van der Waals surface area contributed by atoms with Gasteiger partial charge in [0.05, 0.1) is 6.07 Å². The molecule has 0 saturated heterocycles. The molecule has 0 spiro atoms. The summed E-state index contributed by atoms with van der Waals surface area (Å²) in [6, 6.07) is 5.50. The molecule has 0 N–H and O–H groups in total. The monoisotopic (exact) mass is 1040 g/mol. The Hall–Kier alpha value is -5.09. The standard InChI is InChI=1S/C24BF20.C13H22ClN3.C2H3N.Cu/c26-5-1(6(27)14(35)21(42)13(5)34)25(2-7(28)15(36)22(43)16(37)8(2)29,3-9(30)17(38)23(44)18(39)10(3)31)4-11(32)19(40)24(45)20(41)12(4)33;1-16(2)8-4-9-17(3)10-6-13-11-12(14)5-7-15-13;1-2-3;/h;5,7,11H,4,6,8-10H2,1-3H3;1H3;/q-1;;;+1. The minimum Gasteiger partial charge on any atom is -0.309 e. The molecule has 0 unspecified atom stereocenters. The van der Waals surface area contributed by atoms with Gasteiger partial charge in [-0.15, -0.1) is 21.9 Å². The summed E-state index contributed by atoms with van der Waals surface area (Å²) >= 11 is 5.92. The van der Waals surface area contributed by atoms with E-state index < -0.39 is 144 Å². The maximum Gasteiger partial charge on any atom is 1.00 e. The van der Waals surface area contributed by atoms with Crippen molar-refractivity contribution in [2.24, 2.45) is 0 Å². The van der Waals surface area contributed by atoms with E-state index in [0.29, 0.717) is 0 Å². The molecule has 66 heavy (non-hydrogen) atoms. The summed E-state index contributed by atoms with van der Waals surface area (Å²) < 4.78 is 294. The molecule has 0 amide bonds. The van der Waals surface area contributed by atoms with Gasteiger partial charge in [-0.25, -0.2) is 87.8 Å². The van der Waals surface area contributed by atoms with Crippen LogP contribution in [0.3, 0.4) is 0 Å². The van der Waals surface area contributed by atoms with E-state index in [4.69, 9.17) is 16.9 Å². The fourth-order valence-corrected chi connectivity index (χ4v) is 6.72. The van der Waals surface area contributed by atoms with E-state index >= 15 is 35.1 Å². The Morgan fingerprint density at radius 3 is 0.985 bits per heavy atom. The van der Waals surface area contributed by atoms with Gasteiger partial charge in [0, 0.05) is 36.8 Å². The average Bonchev–Trinajstić information content (AvgIpc) is 3.26. The quantitative estimate of drug-likeness (QED) is 0.0577. The van der Waals surface area contributed by atoms with Crippen molar-refractivity contribution in [3.63, 3.8) is 0 Å². The minimum absolute atomic E-state index is 0. The molecule has 5 rings (SSSR count). The van der Waals surface area contributed by atoms with Gasteiger partial charge >= 0.3 is 17.1 Å². The maximum absolute atomic E-state index is 15.4. The van der Waals surface area contributed by atoms with Gasteiger partial charge < -0.3 is 9.80 Å². The largest absolute Gasteiger partial charge is 1.00 e. The first-order valence-electron chi connectivity index (χ1n) is 17.7. The van der Waals surface area contributed by atoms with Gasteiger partial charge in [0.1, 0.15) is 52.7 Å². The zero-order valence-electron chi connectivity index (χ0n) is 33.4. The zero-order chi connectivity index (χ0) is 49.7. The molecule has 0 saturated carbocycles. The first-order valence-corrected chi connectivity index (χ1v) is 18.0.